The van der Waals surface area contributed by atoms with Crippen LogP contribution in [0.25, 0.3) is 0 Å². The van der Waals surface area contributed by atoms with Crippen LogP contribution in [0.15, 0.2) is 42.5 Å². The molecule has 1 aliphatic heterocycles. The SMILES string of the molecule is Cc1nn(Cc2ccc(F)cc2)c(C)c1NC(=S)N1CCN(Cc2c(Cl)cccc2Cl)CC1. The highest BCUT2D eigenvalue weighted by Gasteiger charge is 2.22. The molecule has 0 aliphatic carbocycles. The van der Waals surface area contributed by atoms with E-state index in [0.29, 0.717) is 21.7 Å². The van der Waals surface area contributed by atoms with Gasteiger partial charge in [-0.1, -0.05) is 41.4 Å². The molecule has 0 spiro atoms. The second-order valence-electron chi connectivity index (χ2n) is 8.22. The number of halogens is 3. The molecule has 4 rings (SSSR count). The number of nitrogens with zero attached hydrogens (tertiary/aromatic N) is 4. The molecular weight excluding hydrogens is 480 g/mol. The van der Waals surface area contributed by atoms with Gasteiger partial charge in [-0.3, -0.25) is 9.58 Å². The Morgan fingerprint density at radius 2 is 1.64 bits per heavy atom. The van der Waals surface area contributed by atoms with E-state index >= 15 is 0 Å². The molecule has 3 aromatic rings. The van der Waals surface area contributed by atoms with Crippen LogP contribution in [0.3, 0.4) is 0 Å². The minimum Gasteiger partial charge on any atom is -0.346 e. The number of rotatable bonds is 5. The second-order valence-corrected chi connectivity index (χ2v) is 9.42. The van der Waals surface area contributed by atoms with Gasteiger partial charge in [-0.05, 0) is 55.9 Å². The van der Waals surface area contributed by atoms with E-state index in [1.165, 1.54) is 12.1 Å². The highest BCUT2D eigenvalue weighted by molar-refractivity contribution is 7.80. The number of benzene rings is 2. The van der Waals surface area contributed by atoms with Gasteiger partial charge in [0.05, 0.1) is 23.6 Å². The zero-order valence-electron chi connectivity index (χ0n) is 18.6. The maximum atomic E-state index is 13.2. The summed E-state index contributed by atoms with van der Waals surface area (Å²) in [6, 6.07) is 12.1. The number of piperazine rings is 1. The van der Waals surface area contributed by atoms with Gasteiger partial charge in [0.2, 0.25) is 0 Å². The van der Waals surface area contributed by atoms with Gasteiger partial charge in [0.25, 0.3) is 0 Å². The van der Waals surface area contributed by atoms with E-state index in [1.54, 1.807) is 12.1 Å². The van der Waals surface area contributed by atoms with E-state index in [2.05, 4.69) is 20.2 Å². The van der Waals surface area contributed by atoms with Crippen LogP contribution in [0.1, 0.15) is 22.5 Å². The van der Waals surface area contributed by atoms with Crippen molar-refractivity contribution in [2.75, 3.05) is 31.5 Å². The van der Waals surface area contributed by atoms with Gasteiger partial charge < -0.3 is 10.2 Å². The lowest BCUT2D eigenvalue weighted by Gasteiger charge is -2.36. The van der Waals surface area contributed by atoms with Gasteiger partial charge >= 0.3 is 0 Å². The Hall–Kier alpha value is -2.19. The maximum Gasteiger partial charge on any atom is 0.173 e. The summed E-state index contributed by atoms with van der Waals surface area (Å²) in [6.45, 7) is 8.64. The fourth-order valence-electron chi connectivity index (χ4n) is 4.00. The van der Waals surface area contributed by atoms with Crippen LogP contribution in [0.2, 0.25) is 10.0 Å². The molecule has 1 saturated heterocycles. The summed E-state index contributed by atoms with van der Waals surface area (Å²) in [7, 11) is 0. The lowest BCUT2D eigenvalue weighted by Crippen LogP contribution is -2.49. The molecule has 0 saturated carbocycles. The Labute approximate surface area is 209 Å². The average Bonchev–Trinajstić information content (AvgIpc) is 3.05. The van der Waals surface area contributed by atoms with Gasteiger partial charge in [-0.25, -0.2) is 4.39 Å². The van der Waals surface area contributed by atoms with E-state index in [9.17, 15) is 4.39 Å². The maximum absolute atomic E-state index is 13.2. The summed E-state index contributed by atoms with van der Waals surface area (Å²) in [6.07, 6.45) is 0. The van der Waals surface area contributed by atoms with Crippen molar-refractivity contribution in [1.29, 1.82) is 0 Å². The molecule has 0 unspecified atom stereocenters. The van der Waals surface area contributed by atoms with Crippen LogP contribution in [-0.2, 0) is 13.1 Å². The summed E-state index contributed by atoms with van der Waals surface area (Å²) in [5.74, 6) is -0.241. The number of aromatic nitrogens is 2. The summed E-state index contributed by atoms with van der Waals surface area (Å²) >= 11 is 18.4. The van der Waals surface area contributed by atoms with Crippen LogP contribution in [0, 0.1) is 19.7 Å². The number of anilines is 1. The predicted octanol–water partition coefficient (Wildman–Crippen LogP) is 5.51. The Balaban J connectivity index is 1.35. The highest BCUT2D eigenvalue weighted by atomic mass is 35.5. The minimum atomic E-state index is -0.241. The molecule has 1 aromatic heterocycles. The zero-order chi connectivity index (χ0) is 23.5. The molecule has 2 heterocycles. The van der Waals surface area contributed by atoms with Crippen LogP contribution in [-0.4, -0.2) is 50.9 Å². The smallest absolute Gasteiger partial charge is 0.173 e. The third kappa shape index (κ3) is 5.66. The number of thiocarbonyl (C=S) groups is 1. The Morgan fingerprint density at radius 3 is 2.27 bits per heavy atom. The molecular formula is C24H26Cl2FN5S. The highest BCUT2D eigenvalue weighted by Crippen LogP contribution is 2.26. The summed E-state index contributed by atoms with van der Waals surface area (Å²) < 4.78 is 15.1. The second kappa shape index (κ2) is 10.4. The van der Waals surface area contributed by atoms with E-state index in [1.807, 2.05) is 36.7 Å². The molecule has 0 atom stereocenters. The first-order valence-electron chi connectivity index (χ1n) is 10.8. The van der Waals surface area contributed by atoms with Crippen LogP contribution in [0.4, 0.5) is 10.1 Å². The van der Waals surface area contributed by atoms with E-state index in [-0.39, 0.29) is 5.82 Å². The zero-order valence-corrected chi connectivity index (χ0v) is 20.9. The van der Waals surface area contributed by atoms with Crippen molar-refractivity contribution >= 4 is 46.2 Å². The molecule has 1 aliphatic rings. The van der Waals surface area contributed by atoms with Crippen LogP contribution in [0.5, 0.6) is 0 Å². The fraction of sp³-hybridized carbons (Fsp3) is 0.333. The number of nitrogens with one attached hydrogen (secondary N) is 1. The Bertz CT molecular complexity index is 1120. The molecule has 0 radical (unpaired) electrons. The third-order valence-corrected chi connectivity index (χ3v) is 7.03. The van der Waals surface area contributed by atoms with Crippen molar-refractivity contribution in [2.45, 2.75) is 26.9 Å². The van der Waals surface area contributed by atoms with Gasteiger partial charge in [-0.2, -0.15) is 5.10 Å². The van der Waals surface area contributed by atoms with Crippen molar-refractivity contribution in [3.8, 4) is 0 Å². The van der Waals surface area contributed by atoms with E-state index in [0.717, 1.165) is 60.9 Å². The average molecular weight is 506 g/mol. The standard InChI is InChI=1S/C24H26Cl2FN5S/c1-16-23(17(2)32(29-16)14-18-6-8-19(27)9-7-18)28-24(33)31-12-10-30(11-13-31)15-20-21(25)4-3-5-22(20)26/h3-9H,10-15H2,1-2H3,(H,28,33). The molecule has 2 aromatic carbocycles. The molecule has 0 amide bonds. The molecule has 0 bridgehead atoms. The summed E-state index contributed by atoms with van der Waals surface area (Å²) in [5.41, 5.74) is 4.75. The normalized spacial score (nSPS) is 14.5. The predicted molar refractivity (Wildman–Crippen MR) is 137 cm³/mol. The molecule has 1 N–H and O–H groups in total. The monoisotopic (exact) mass is 505 g/mol. The van der Waals surface area contributed by atoms with Crippen molar-refractivity contribution in [3.63, 3.8) is 0 Å². The van der Waals surface area contributed by atoms with Crippen LogP contribution < -0.4 is 5.32 Å². The Kier molecular flexibility index (Phi) is 7.54. The third-order valence-electron chi connectivity index (χ3n) is 5.96. The van der Waals surface area contributed by atoms with Gasteiger partial charge in [0.15, 0.2) is 5.11 Å². The van der Waals surface area contributed by atoms with Crippen LogP contribution >= 0.6 is 35.4 Å². The topological polar surface area (TPSA) is 36.3 Å². The summed E-state index contributed by atoms with van der Waals surface area (Å²) in [5, 5.41) is 10.1. The van der Waals surface area contributed by atoms with Gasteiger partial charge in [-0.15, -0.1) is 0 Å². The molecule has 1 fully saturated rings. The first-order valence-corrected chi connectivity index (χ1v) is 12.0. The summed E-state index contributed by atoms with van der Waals surface area (Å²) in [4.78, 5) is 4.51. The number of hydrogen-bond acceptors (Lipinski definition) is 3. The van der Waals surface area contributed by atoms with Crippen molar-refractivity contribution < 1.29 is 4.39 Å². The lowest BCUT2D eigenvalue weighted by atomic mass is 10.2. The Morgan fingerprint density at radius 1 is 1.00 bits per heavy atom. The number of aryl methyl sites for hydroxylation is 1. The minimum absolute atomic E-state index is 0.241. The molecule has 5 nitrogen and oxygen atoms in total. The largest absolute Gasteiger partial charge is 0.346 e. The van der Waals surface area contributed by atoms with Gasteiger partial charge in [0.1, 0.15) is 5.82 Å². The van der Waals surface area contributed by atoms with Crippen molar-refractivity contribution in [3.05, 3.63) is 80.8 Å². The van der Waals surface area contributed by atoms with Crippen molar-refractivity contribution in [1.82, 2.24) is 19.6 Å². The molecule has 33 heavy (non-hydrogen) atoms. The van der Waals surface area contributed by atoms with Gasteiger partial charge in [0, 0.05) is 48.3 Å². The molecule has 9 heteroatoms. The number of hydrogen-bond donors (Lipinski definition) is 1. The van der Waals surface area contributed by atoms with E-state index < -0.39 is 0 Å². The first kappa shape index (κ1) is 24.0. The lowest BCUT2D eigenvalue weighted by molar-refractivity contribution is 0.177. The first-order chi connectivity index (χ1) is 15.8. The molecule has 174 valence electrons. The van der Waals surface area contributed by atoms with E-state index in [4.69, 9.17) is 35.4 Å². The fourth-order valence-corrected chi connectivity index (χ4v) is 4.80. The van der Waals surface area contributed by atoms with Crippen molar-refractivity contribution in [2.24, 2.45) is 0 Å². The quantitative estimate of drug-likeness (QED) is 0.462.